The lowest BCUT2D eigenvalue weighted by atomic mass is 9.80. The average Bonchev–Trinajstić information content (AvgIpc) is 2.89. The molecule has 1 aliphatic heterocycles. The van der Waals surface area contributed by atoms with Gasteiger partial charge in [-0.2, -0.15) is 13.2 Å². The van der Waals surface area contributed by atoms with E-state index in [4.69, 9.17) is 4.74 Å². The standard InChI is InChI=1S/C27H28F4N4O2S/c1-4-37-25(36)26(3)12-14-35(15-13-26)22-6-5-7-23(33-22)38-34-21-11-10-20(27(29,30)31)24(32-21)19-16-18(28)9-8-17(19)2/h5-11,16H,4,12-15H2,1-3H3,(H,32,34). The number of nitrogens with zero attached hydrogens (tertiary/aromatic N) is 3. The number of hydrogen-bond acceptors (Lipinski definition) is 7. The molecule has 1 aromatic carbocycles. The molecule has 0 bridgehead atoms. The number of nitrogens with one attached hydrogen (secondary N) is 1. The van der Waals surface area contributed by atoms with Crippen molar-refractivity contribution in [2.75, 3.05) is 29.3 Å². The van der Waals surface area contributed by atoms with Crippen LogP contribution < -0.4 is 9.62 Å². The summed E-state index contributed by atoms with van der Waals surface area (Å²) in [6.07, 6.45) is -3.37. The second kappa shape index (κ2) is 11.2. The van der Waals surface area contributed by atoms with Gasteiger partial charge in [0.15, 0.2) is 0 Å². The summed E-state index contributed by atoms with van der Waals surface area (Å²) >= 11 is 1.11. The summed E-state index contributed by atoms with van der Waals surface area (Å²) in [7, 11) is 0. The highest BCUT2D eigenvalue weighted by Gasteiger charge is 2.38. The van der Waals surface area contributed by atoms with Gasteiger partial charge in [0.25, 0.3) is 0 Å². The summed E-state index contributed by atoms with van der Waals surface area (Å²) in [6.45, 7) is 6.95. The molecular weight excluding hydrogens is 520 g/mol. The summed E-state index contributed by atoms with van der Waals surface area (Å²) in [5.41, 5.74) is -1.26. The van der Waals surface area contributed by atoms with Crippen LogP contribution in [0.5, 0.6) is 0 Å². The Balaban J connectivity index is 1.50. The summed E-state index contributed by atoms with van der Waals surface area (Å²) in [6, 6.07) is 11.3. The Morgan fingerprint density at radius 2 is 1.87 bits per heavy atom. The fourth-order valence-electron chi connectivity index (χ4n) is 4.28. The monoisotopic (exact) mass is 548 g/mol. The van der Waals surface area contributed by atoms with E-state index in [9.17, 15) is 22.4 Å². The molecule has 38 heavy (non-hydrogen) atoms. The van der Waals surface area contributed by atoms with Gasteiger partial charge < -0.3 is 14.4 Å². The molecule has 0 unspecified atom stereocenters. The smallest absolute Gasteiger partial charge is 0.418 e. The number of piperidine rings is 1. The van der Waals surface area contributed by atoms with E-state index in [1.54, 1.807) is 19.9 Å². The predicted molar refractivity (Wildman–Crippen MR) is 139 cm³/mol. The Morgan fingerprint density at radius 1 is 1.13 bits per heavy atom. The summed E-state index contributed by atoms with van der Waals surface area (Å²) in [5, 5.41) is 0.589. The molecule has 3 heterocycles. The molecule has 0 saturated carbocycles. The van der Waals surface area contributed by atoms with Crippen LogP contribution in [0.25, 0.3) is 11.3 Å². The topological polar surface area (TPSA) is 67.3 Å². The highest BCUT2D eigenvalue weighted by atomic mass is 32.2. The third kappa shape index (κ3) is 6.20. The van der Waals surface area contributed by atoms with Crippen molar-refractivity contribution in [3.05, 3.63) is 65.5 Å². The van der Waals surface area contributed by atoms with E-state index >= 15 is 0 Å². The van der Waals surface area contributed by atoms with Crippen molar-refractivity contribution in [2.24, 2.45) is 5.41 Å². The molecule has 0 spiro atoms. The van der Waals surface area contributed by atoms with Crippen molar-refractivity contribution in [3.8, 4) is 11.3 Å². The fraction of sp³-hybridized carbons (Fsp3) is 0.370. The van der Waals surface area contributed by atoms with Crippen LogP contribution in [-0.4, -0.2) is 35.6 Å². The number of hydrogen-bond donors (Lipinski definition) is 1. The highest BCUT2D eigenvalue weighted by molar-refractivity contribution is 8.00. The van der Waals surface area contributed by atoms with Crippen LogP contribution >= 0.6 is 11.9 Å². The quantitative estimate of drug-likeness (QED) is 0.196. The van der Waals surface area contributed by atoms with Gasteiger partial charge in [0.1, 0.15) is 22.5 Å². The SMILES string of the molecule is CCOC(=O)C1(C)CCN(c2cccc(SNc3ccc(C(F)(F)F)c(-c4cc(F)ccc4C)n3)n2)CC1. The predicted octanol–water partition coefficient (Wildman–Crippen LogP) is 6.90. The van der Waals surface area contributed by atoms with E-state index in [-0.39, 0.29) is 23.0 Å². The summed E-state index contributed by atoms with van der Waals surface area (Å²) < 4.78 is 63.2. The van der Waals surface area contributed by atoms with Gasteiger partial charge in [0.05, 0.1) is 23.3 Å². The minimum Gasteiger partial charge on any atom is -0.466 e. The molecule has 2 aromatic heterocycles. The molecule has 1 fully saturated rings. The van der Waals surface area contributed by atoms with Gasteiger partial charge in [-0.3, -0.25) is 4.79 Å². The van der Waals surface area contributed by atoms with Crippen LogP contribution in [-0.2, 0) is 15.7 Å². The molecule has 6 nitrogen and oxygen atoms in total. The Bertz CT molecular complexity index is 1310. The van der Waals surface area contributed by atoms with E-state index < -0.39 is 23.0 Å². The van der Waals surface area contributed by atoms with Crippen LogP contribution in [0.4, 0.5) is 29.2 Å². The zero-order chi connectivity index (χ0) is 27.5. The van der Waals surface area contributed by atoms with Gasteiger partial charge in [-0.15, -0.1) is 0 Å². The average molecular weight is 549 g/mol. The molecule has 3 aromatic rings. The third-order valence-corrected chi connectivity index (χ3v) is 7.33. The molecule has 0 aliphatic carbocycles. The van der Waals surface area contributed by atoms with Gasteiger partial charge in [-0.25, -0.2) is 14.4 Å². The lowest BCUT2D eigenvalue weighted by molar-refractivity contribution is -0.155. The number of halogens is 4. The van der Waals surface area contributed by atoms with E-state index in [1.807, 2.05) is 19.1 Å². The number of esters is 1. The maximum absolute atomic E-state index is 13.9. The number of aromatic nitrogens is 2. The van der Waals surface area contributed by atoms with Crippen LogP contribution in [0, 0.1) is 18.2 Å². The maximum atomic E-state index is 13.9. The zero-order valence-corrected chi connectivity index (χ0v) is 22.0. The highest BCUT2D eigenvalue weighted by Crippen LogP contribution is 2.39. The van der Waals surface area contributed by atoms with Gasteiger partial charge in [-0.05, 0) is 75.6 Å². The number of rotatable bonds is 7. The van der Waals surface area contributed by atoms with Crippen molar-refractivity contribution in [3.63, 3.8) is 0 Å². The number of anilines is 2. The number of carbonyl (C=O) groups excluding carboxylic acids is 1. The van der Waals surface area contributed by atoms with Crippen LogP contribution in [0.3, 0.4) is 0 Å². The molecule has 1 aliphatic rings. The van der Waals surface area contributed by atoms with Crippen LogP contribution in [0.1, 0.15) is 37.8 Å². The second-order valence-corrected chi connectivity index (χ2v) is 10.2. The second-order valence-electron chi connectivity index (χ2n) is 9.36. The van der Waals surface area contributed by atoms with Crippen LogP contribution in [0.2, 0.25) is 0 Å². The number of aryl methyl sites for hydroxylation is 1. The number of pyridine rings is 2. The van der Waals surface area contributed by atoms with E-state index in [1.165, 1.54) is 18.2 Å². The normalized spacial score (nSPS) is 15.3. The molecule has 1 saturated heterocycles. The molecule has 0 amide bonds. The molecule has 1 N–H and O–H groups in total. The summed E-state index contributed by atoms with van der Waals surface area (Å²) in [4.78, 5) is 23.2. The minimum atomic E-state index is -4.65. The van der Waals surface area contributed by atoms with Gasteiger partial charge in [-0.1, -0.05) is 12.1 Å². The lowest BCUT2D eigenvalue weighted by Gasteiger charge is -2.38. The number of alkyl halides is 3. The number of ether oxygens (including phenoxy) is 1. The van der Waals surface area contributed by atoms with E-state index in [0.29, 0.717) is 43.1 Å². The Labute approximate surface area is 222 Å². The van der Waals surface area contributed by atoms with Gasteiger partial charge in [0, 0.05) is 30.6 Å². The summed E-state index contributed by atoms with van der Waals surface area (Å²) in [5.74, 6) is 0.0868. The lowest BCUT2D eigenvalue weighted by Crippen LogP contribution is -2.43. The Kier molecular flexibility index (Phi) is 8.15. The molecule has 0 radical (unpaired) electrons. The van der Waals surface area contributed by atoms with Gasteiger partial charge in [0.2, 0.25) is 0 Å². The number of carbonyl (C=O) groups is 1. The van der Waals surface area contributed by atoms with Crippen molar-refractivity contribution >= 4 is 29.6 Å². The Hall–Kier alpha value is -3.34. The maximum Gasteiger partial charge on any atom is 0.418 e. The third-order valence-electron chi connectivity index (χ3n) is 6.58. The van der Waals surface area contributed by atoms with Gasteiger partial charge >= 0.3 is 12.1 Å². The first-order valence-corrected chi connectivity index (χ1v) is 13.0. The minimum absolute atomic E-state index is 0.0750. The largest absolute Gasteiger partial charge is 0.466 e. The van der Waals surface area contributed by atoms with Crippen molar-refractivity contribution in [1.82, 2.24) is 9.97 Å². The van der Waals surface area contributed by atoms with Crippen LogP contribution in [0.15, 0.2) is 53.6 Å². The fourth-order valence-corrected chi connectivity index (χ4v) is 4.89. The molecule has 4 rings (SSSR count). The molecule has 202 valence electrons. The van der Waals surface area contributed by atoms with Crippen molar-refractivity contribution < 1.29 is 27.1 Å². The molecule has 11 heteroatoms. The van der Waals surface area contributed by atoms with Crippen molar-refractivity contribution in [1.29, 1.82) is 0 Å². The first kappa shape index (κ1) is 27.7. The molecular formula is C27H28F4N4O2S. The molecule has 0 atom stereocenters. The first-order chi connectivity index (χ1) is 18.0. The Morgan fingerprint density at radius 3 is 2.55 bits per heavy atom. The van der Waals surface area contributed by atoms with E-state index in [2.05, 4.69) is 19.6 Å². The number of benzene rings is 1. The van der Waals surface area contributed by atoms with E-state index in [0.717, 1.165) is 29.9 Å². The van der Waals surface area contributed by atoms with Crippen molar-refractivity contribution in [2.45, 2.75) is 44.8 Å². The first-order valence-electron chi connectivity index (χ1n) is 12.2. The zero-order valence-electron chi connectivity index (χ0n) is 21.2.